The van der Waals surface area contributed by atoms with Gasteiger partial charge >= 0.3 is 5.97 Å². The molecule has 3 N–H and O–H groups in total. The molecule has 2 unspecified atom stereocenters. The quantitative estimate of drug-likeness (QED) is 0.143. The van der Waals surface area contributed by atoms with Gasteiger partial charge in [0.05, 0.1) is 0 Å². The van der Waals surface area contributed by atoms with Crippen molar-refractivity contribution in [1.29, 1.82) is 0 Å². The molecule has 0 aromatic heterocycles. The van der Waals surface area contributed by atoms with E-state index in [9.17, 15) is 24.3 Å². The average molecular weight is 615 g/mol. The maximum Gasteiger partial charge on any atom is 0.328 e. The van der Waals surface area contributed by atoms with Gasteiger partial charge in [0.1, 0.15) is 6.04 Å². The summed E-state index contributed by atoms with van der Waals surface area (Å²) >= 11 is 0. The highest BCUT2D eigenvalue weighted by Gasteiger charge is 2.44. The van der Waals surface area contributed by atoms with Crippen molar-refractivity contribution in [3.63, 3.8) is 0 Å². The van der Waals surface area contributed by atoms with Crippen molar-refractivity contribution in [3.05, 3.63) is 121 Å². The van der Waals surface area contributed by atoms with Gasteiger partial charge in [-0.15, -0.1) is 0 Å². The van der Waals surface area contributed by atoms with Crippen LogP contribution in [-0.4, -0.2) is 41.3 Å². The lowest BCUT2D eigenvalue weighted by atomic mass is 9.92. The van der Waals surface area contributed by atoms with Crippen LogP contribution in [0, 0.1) is 0 Å². The molecule has 0 spiro atoms. The Morgan fingerprint density at radius 3 is 1.84 bits per heavy atom. The second-order valence-corrected chi connectivity index (χ2v) is 10.5. The molecular formula is C37H46N2O6. The number of rotatable bonds is 20. The minimum atomic E-state index is -1.39. The molecule has 2 atom stereocenters. The molecule has 1 aromatic carbocycles. The number of hydrogen-bond acceptors (Lipinski definition) is 5. The van der Waals surface area contributed by atoms with Crippen LogP contribution in [0.3, 0.4) is 0 Å². The third-order valence-corrected chi connectivity index (χ3v) is 6.84. The van der Waals surface area contributed by atoms with Crippen LogP contribution in [0.1, 0.15) is 70.8 Å². The van der Waals surface area contributed by atoms with E-state index in [-0.39, 0.29) is 24.6 Å². The average Bonchev–Trinajstić information content (AvgIpc) is 3.35. The fourth-order valence-electron chi connectivity index (χ4n) is 4.21. The van der Waals surface area contributed by atoms with Gasteiger partial charge in [0, 0.05) is 24.6 Å². The number of carbonyl (C=O) groups excluding carboxylic acids is 3. The summed E-state index contributed by atoms with van der Waals surface area (Å²) in [6, 6.07) is 7.32. The molecule has 240 valence electrons. The molecule has 0 saturated heterocycles. The van der Waals surface area contributed by atoms with E-state index >= 15 is 0 Å². The number of aliphatic carboxylic acids is 1. The first-order valence-corrected chi connectivity index (χ1v) is 15.5. The van der Waals surface area contributed by atoms with Gasteiger partial charge in [0.2, 0.25) is 11.7 Å². The molecule has 2 amide bonds. The molecule has 1 heterocycles. The van der Waals surface area contributed by atoms with E-state index in [1.165, 1.54) is 0 Å². The molecule has 1 aromatic rings. The van der Waals surface area contributed by atoms with Crippen molar-refractivity contribution in [2.24, 2.45) is 0 Å². The van der Waals surface area contributed by atoms with E-state index < -0.39 is 29.3 Å². The van der Waals surface area contributed by atoms with E-state index in [1.54, 1.807) is 37.3 Å². The summed E-state index contributed by atoms with van der Waals surface area (Å²) in [5, 5.41) is 14.4. The first kappa shape index (κ1) is 36.5. The highest BCUT2D eigenvalue weighted by molar-refractivity contribution is 6.08. The third kappa shape index (κ3) is 14.1. The van der Waals surface area contributed by atoms with E-state index in [1.807, 2.05) is 12.2 Å². The Hall–Kier alpha value is -4.72. The van der Waals surface area contributed by atoms with Crippen LogP contribution in [0.25, 0.3) is 0 Å². The van der Waals surface area contributed by atoms with Gasteiger partial charge < -0.3 is 20.5 Å². The lowest BCUT2D eigenvalue weighted by Crippen LogP contribution is -2.49. The Morgan fingerprint density at radius 2 is 1.33 bits per heavy atom. The first-order valence-electron chi connectivity index (χ1n) is 15.5. The normalized spacial score (nSPS) is 17.6. The number of carboxylic acids is 1. The minimum Gasteiger partial charge on any atom is -0.480 e. The molecule has 0 fully saturated rings. The van der Waals surface area contributed by atoms with Gasteiger partial charge in [0.15, 0.2) is 11.4 Å². The van der Waals surface area contributed by atoms with Gasteiger partial charge in [-0.25, -0.2) is 4.79 Å². The molecule has 0 radical (unpaired) electrons. The van der Waals surface area contributed by atoms with Crippen molar-refractivity contribution >= 4 is 23.6 Å². The lowest BCUT2D eigenvalue weighted by Gasteiger charge is -2.24. The molecule has 45 heavy (non-hydrogen) atoms. The number of ketones is 1. The Labute approximate surface area is 267 Å². The zero-order valence-corrected chi connectivity index (χ0v) is 26.3. The standard InChI is InChI=1S/C37H46N2O6/c1-3-4-5-6-7-8-9-10-11-12-13-14-15-16-17-18-19-20-24-27-34(41)38-29-31(36(43)44)39-35(42)32-28-33(40)37(2,45-32)30-25-22-21-23-26-30/h4-5,7-8,10-11,13-14,16-17,19-23,25-26,28,31H,3,6,9,12,15,18,24,27,29H2,1-2H3,(H,38,41)(H,39,42)(H,43,44)/b5-4-,8-7-,11-10-,14-13-,17-16-,20-19-. The van der Waals surface area contributed by atoms with Crippen LogP contribution in [0.5, 0.6) is 0 Å². The number of carboxylic acid groups (broad SMARTS) is 1. The Kier molecular flexibility index (Phi) is 17.1. The monoisotopic (exact) mass is 614 g/mol. The fraction of sp³-hybridized carbons (Fsp3) is 0.351. The summed E-state index contributed by atoms with van der Waals surface area (Å²) in [5.41, 5.74) is -0.801. The van der Waals surface area contributed by atoms with Crippen LogP contribution < -0.4 is 10.6 Å². The number of nitrogens with one attached hydrogen (secondary N) is 2. The maximum atomic E-state index is 12.7. The largest absolute Gasteiger partial charge is 0.480 e. The van der Waals surface area contributed by atoms with Crippen molar-refractivity contribution in [1.82, 2.24) is 10.6 Å². The number of allylic oxidation sites excluding steroid dienone is 12. The fourth-order valence-corrected chi connectivity index (χ4v) is 4.21. The van der Waals surface area contributed by atoms with Crippen LogP contribution in [0.15, 0.2) is 115 Å². The number of amides is 2. The van der Waals surface area contributed by atoms with Gasteiger partial charge in [-0.2, -0.15) is 0 Å². The van der Waals surface area contributed by atoms with E-state index in [0.717, 1.165) is 44.6 Å². The summed E-state index contributed by atoms with van der Waals surface area (Å²) in [5.74, 6) is -3.20. The van der Waals surface area contributed by atoms with Crippen LogP contribution in [-0.2, 0) is 29.5 Å². The van der Waals surface area contributed by atoms with E-state index in [4.69, 9.17) is 4.74 Å². The summed E-state index contributed by atoms with van der Waals surface area (Å²) in [4.78, 5) is 49.2. The second kappa shape index (κ2) is 21.1. The highest BCUT2D eigenvalue weighted by atomic mass is 16.5. The smallest absolute Gasteiger partial charge is 0.328 e. The van der Waals surface area contributed by atoms with Crippen LogP contribution in [0.2, 0.25) is 0 Å². The SMILES string of the molecule is CC/C=C\C/C=C\C/C=C\C/C=C\C/C=C\C/C=C\CCC(=O)NCC(NC(=O)C1=CC(=O)C(C)(c2ccccc2)O1)C(=O)O. The van der Waals surface area contributed by atoms with Gasteiger partial charge in [-0.3, -0.25) is 14.4 Å². The molecule has 8 nitrogen and oxygen atoms in total. The molecule has 0 aliphatic carbocycles. The number of carbonyl (C=O) groups is 4. The van der Waals surface area contributed by atoms with Gasteiger partial charge in [-0.1, -0.05) is 110 Å². The van der Waals surface area contributed by atoms with Crippen LogP contribution in [0.4, 0.5) is 0 Å². The molecule has 8 heteroatoms. The number of ether oxygens (including phenoxy) is 1. The zero-order valence-electron chi connectivity index (χ0n) is 26.3. The van der Waals surface area contributed by atoms with Crippen molar-refractivity contribution in [2.75, 3.05) is 6.54 Å². The van der Waals surface area contributed by atoms with E-state index in [0.29, 0.717) is 12.0 Å². The lowest BCUT2D eigenvalue weighted by molar-refractivity contribution is -0.142. The summed E-state index contributed by atoms with van der Waals surface area (Å²) in [7, 11) is 0. The summed E-state index contributed by atoms with van der Waals surface area (Å²) in [6.45, 7) is 3.38. The molecule has 1 aliphatic heterocycles. The third-order valence-electron chi connectivity index (χ3n) is 6.84. The second-order valence-electron chi connectivity index (χ2n) is 10.5. The first-order chi connectivity index (χ1) is 21.8. The Balaban J connectivity index is 1.60. The Morgan fingerprint density at radius 1 is 0.822 bits per heavy atom. The van der Waals surface area contributed by atoms with Gasteiger partial charge in [0.25, 0.3) is 5.91 Å². The molecular weight excluding hydrogens is 568 g/mol. The summed E-state index contributed by atoms with van der Waals surface area (Å²) in [6.07, 6.45) is 32.7. The number of benzene rings is 1. The Bertz CT molecular complexity index is 1320. The van der Waals surface area contributed by atoms with E-state index in [2.05, 4.69) is 78.3 Å². The highest BCUT2D eigenvalue weighted by Crippen LogP contribution is 2.34. The van der Waals surface area contributed by atoms with Crippen molar-refractivity contribution in [2.45, 2.75) is 76.9 Å². The zero-order chi connectivity index (χ0) is 32.8. The maximum absolute atomic E-state index is 12.7. The topological polar surface area (TPSA) is 122 Å². The molecule has 2 rings (SSSR count). The predicted molar refractivity (Wildman–Crippen MR) is 178 cm³/mol. The molecule has 0 bridgehead atoms. The van der Waals surface area contributed by atoms with Crippen LogP contribution >= 0.6 is 0 Å². The molecule has 0 saturated carbocycles. The molecule has 1 aliphatic rings. The van der Waals surface area contributed by atoms with Crippen molar-refractivity contribution in [3.8, 4) is 0 Å². The number of hydrogen-bond donors (Lipinski definition) is 3. The summed E-state index contributed by atoms with van der Waals surface area (Å²) < 4.78 is 5.66. The predicted octanol–water partition coefficient (Wildman–Crippen LogP) is 6.55. The minimum absolute atomic E-state index is 0.181. The van der Waals surface area contributed by atoms with Gasteiger partial charge in [-0.05, 0) is 51.9 Å². The van der Waals surface area contributed by atoms with Crippen molar-refractivity contribution < 1.29 is 29.0 Å².